The van der Waals surface area contributed by atoms with Crippen molar-refractivity contribution < 1.29 is 29.4 Å². The molecule has 0 saturated heterocycles. The standard InChI is InChI=1S/C28H24N2O6/c31-24-16-15-23(21-13-7-8-14-22(21)24)27(36-28(33)29-19-9-3-1-4-10-19)25(17-18-26(32)30-34)35-20-11-5-2-6-12-20/h1-18,25,27,31,34H,(H,29,33)(H,30,32)/b18-17+/t25-,27-/m0/s1. The fourth-order valence-electron chi connectivity index (χ4n) is 3.72. The molecule has 4 aromatic carbocycles. The third-order valence-corrected chi connectivity index (χ3v) is 5.36. The van der Waals surface area contributed by atoms with E-state index in [9.17, 15) is 14.7 Å². The second-order valence-electron chi connectivity index (χ2n) is 7.77. The van der Waals surface area contributed by atoms with Crippen LogP contribution in [-0.4, -0.2) is 28.4 Å². The Bertz CT molecular complexity index is 1360. The Morgan fingerprint density at radius 2 is 1.44 bits per heavy atom. The van der Waals surface area contributed by atoms with Crippen LogP contribution in [-0.2, 0) is 9.53 Å². The molecule has 0 aliphatic heterocycles. The summed E-state index contributed by atoms with van der Waals surface area (Å²) in [4.78, 5) is 24.8. The lowest BCUT2D eigenvalue weighted by atomic mass is 9.96. The van der Waals surface area contributed by atoms with Crippen molar-refractivity contribution in [3.05, 3.63) is 115 Å². The second kappa shape index (κ2) is 11.5. The predicted molar refractivity (Wildman–Crippen MR) is 135 cm³/mol. The first-order chi connectivity index (χ1) is 17.5. The highest BCUT2D eigenvalue weighted by Crippen LogP contribution is 2.35. The molecule has 0 aliphatic carbocycles. The van der Waals surface area contributed by atoms with Crippen molar-refractivity contribution in [1.82, 2.24) is 5.48 Å². The Labute approximate surface area is 207 Å². The summed E-state index contributed by atoms with van der Waals surface area (Å²) in [6, 6.07) is 27.9. The van der Waals surface area contributed by atoms with Gasteiger partial charge in [0.05, 0.1) is 0 Å². The van der Waals surface area contributed by atoms with E-state index in [4.69, 9.17) is 14.7 Å². The summed E-state index contributed by atoms with van der Waals surface area (Å²) in [5.74, 6) is -0.242. The number of nitrogens with one attached hydrogen (secondary N) is 2. The van der Waals surface area contributed by atoms with Gasteiger partial charge in [-0.2, -0.15) is 0 Å². The van der Waals surface area contributed by atoms with Crippen molar-refractivity contribution in [2.45, 2.75) is 12.2 Å². The molecule has 2 atom stereocenters. The molecule has 0 unspecified atom stereocenters. The van der Waals surface area contributed by atoms with Crippen LogP contribution in [0.5, 0.6) is 11.5 Å². The molecular formula is C28H24N2O6. The molecule has 0 spiro atoms. The Morgan fingerprint density at radius 1 is 0.806 bits per heavy atom. The highest BCUT2D eigenvalue weighted by atomic mass is 16.6. The quantitative estimate of drug-likeness (QED) is 0.152. The number of ether oxygens (including phenoxy) is 2. The highest BCUT2D eigenvalue weighted by Gasteiger charge is 2.30. The average molecular weight is 485 g/mol. The first kappa shape index (κ1) is 24.3. The Kier molecular flexibility index (Phi) is 7.80. The Morgan fingerprint density at radius 3 is 2.14 bits per heavy atom. The van der Waals surface area contributed by atoms with Crippen molar-refractivity contribution >= 4 is 28.5 Å². The summed E-state index contributed by atoms with van der Waals surface area (Å²) < 4.78 is 12.0. The van der Waals surface area contributed by atoms with E-state index in [-0.39, 0.29) is 5.75 Å². The molecule has 4 rings (SSSR count). The number of hydrogen-bond acceptors (Lipinski definition) is 6. The van der Waals surface area contributed by atoms with Gasteiger partial charge < -0.3 is 14.6 Å². The molecule has 0 bridgehead atoms. The number of hydroxylamine groups is 1. The molecule has 0 aliphatic rings. The zero-order valence-electron chi connectivity index (χ0n) is 19.1. The third-order valence-electron chi connectivity index (χ3n) is 5.36. The number of amides is 2. The molecule has 4 N–H and O–H groups in total. The number of rotatable bonds is 8. The van der Waals surface area contributed by atoms with Gasteiger partial charge in [0, 0.05) is 22.7 Å². The average Bonchev–Trinajstić information content (AvgIpc) is 2.91. The van der Waals surface area contributed by atoms with Crippen LogP contribution in [0.3, 0.4) is 0 Å². The monoisotopic (exact) mass is 484 g/mol. The number of hydrogen-bond donors (Lipinski definition) is 4. The number of anilines is 1. The van der Waals surface area contributed by atoms with Gasteiger partial charge >= 0.3 is 6.09 Å². The topological polar surface area (TPSA) is 117 Å². The molecule has 0 fully saturated rings. The first-order valence-corrected chi connectivity index (χ1v) is 11.1. The van der Waals surface area contributed by atoms with Gasteiger partial charge in [0.1, 0.15) is 11.5 Å². The summed E-state index contributed by atoms with van der Waals surface area (Å²) in [6.45, 7) is 0. The van der Waals surface area contributed by atoms with Gasteiger partial charge in [-0.15, -0.1) is 0 Å². The fraction of sp³-hybridized carbons (Fsp3) is 0.0714. The molecule has 36 heavy (non-hydrogen) atoms. The molecule has 8 heteroatoms. The molecule has 0 heterocycles. The molecule has 4 aromatic rings. The highest BCUT2D eigenvalue weighted by molar-refractivity contribution is 5.92. The van der Waals surface area contributed by atoms with E-state index in [1.807, 2.05) is 12.1 Å². The van der Waals surface area contributed by atoms with Crippen molar-refractivity contribution in [2.24, 2.45) is 0 Å². The molecule has 0 aromatic heterocycles. The van der Waals surface area contributed by atoms with E-state index in [0.717, 1.165) is 6.08 Å². The molecule has 2 amide bonds. The normalized spacial score (nSPS) is 12.6. The number of fused-ring (bicyclic) bond motifs is 1. The summed E-state index contributed by atoms with van der Waals surface area (Å²) in [6.07, 6.45) is -0.311. The van der Waals surface area contributed by atoms with Crippen LogP contribution < -0.4 is 15.5 Å². The zero-order valence-corrected chi connectivity index (χ0v) is 19.1. The number of carbonyl (C=O) groups excluding carboxylic acids is 2. The predicted octanol–water partition coefficient (Wildman–Crippen LogP) is 5.34. The number of aromatic hydroxyl groups is 1. The molecule has 0 radical (unpaired) electrons. The summed E-state index contributed by atoms with van der Waals surface area (Å²) in [5.41, 5.74) is 2.62. The lowest BCUT2D eigenvalue weighted by molar-refractivity contribution is -0.124. The number of carbonyl (C=O) groups is 2. The van der Waals surface area contributed by atoms with E-state index in [0.29, 0.717) is 27.8 Å². The van der Waals surface area contributed by atoms with Crippen LogP contribution in [0, 0.1) is 0 Å². The van der Waals surface area contributed by atoms with Gasteiger partial charge in [-0.3, -0.25) is 15.3 Å². The van der Waals surface area contributed by atoms with E-state index in [1.54, 1.807) is 78.9 Å². The van der Waals surface area contributed by atoms with Crippen molar-refractivity contribution in [3.63, 3.8) is 0 Å². The summed E-state index contributed by atoms with van der Waals surface area (Å²) in [7, 11) is 0. The van der Waals surface area contributed by atoms with Gasteiger partial charge in [0.2, 0.25) is 0 Å². The molecule has 8 nitrogen and oxygen atoms in total. The van der Waals surface area contributed by atoms with Crippen LogP contribution in [0.4, 0.5) is 10.5 Å². The zero-order chi connectivity index (χ0) is 25.3. The third kappa shape index (κ3) is 5.99. The Balaban J connectivity index is 1.78. The number of phenols is 1. The van der Waals surface area contributed by atoms with Crippen LogP contribution in [0.25, 0.3) is 10.8 Å². The van der Waals surface area contributed by atoms with E-state index in [2.05, 4.69) is 5.32 Å². The molecule has 182 valence electrons. The van der Waals surface area contributed by atoms with Crippen LogP contribution in [0.15, 0.2) is 109 Å². The van der Waals surface area contributed by atoms with E-state index >= 15 is 0 Å². The van der Waals surface area contributed by atoms with Crippen molar-refractivity contribution in [1.29, 1.82) is 0 Å². The number of para-hydroxylation sites is 2. The van der Waals surface area contributed by atoms with Crippen molar-refractivity contribution in [2.75, 3.05) is 5.32 Å². The summed E-state index contributed by atoms with van der Waals surface area (Å²) >= 11 is 0. The lowest BCUT2D eigenvalue weighted by Gasteiger charge is -2.27. The fourth-order valence-corrected chi connectivity index (χ4v) is 3.72. The van der Waals surface area contributed by atoms with Crippen molar-refractivity contribution in [3.8, 4) is 11.5 Å². The minimum absolute atomic E-state index is 0.0672. The van der Waals surface area contributed by atoms with Gasteiger partial charge in [-0.25, -0.2) is 10.3 Å². The Hall–Kier alpha value is -4.82. The van der Waals surface area contributed by atoms with Gasteiger partial charge in [-0.05, 0) is 41.8 Å². The first-order valence-electron chi connectivity index (χ1n) is 11.1. The van der Waals surface area contributed by atoms with E-state index in [1.165, 1.54) is 17.6 Å². The van der Waals surface area contributed by atoms with Gasteiger partial charge in [0.25, 0.3) is 5.91 Å². The minimum Gasteiger partial charge on any atom is -0.507 e. The second-order valence-corrected chi connectivity index (χ2v) is 7.77. The maximum absolute atomic E-state index is 13.0. The van der Waals surface area contributed by atoms with Crippen LogP contribution >= 0.6 is 0 Å². The molecular weight excluding hydrogens is 460 g/mol. The number of phenolic OH excluding ortho intramolecular Hbond substituents is 1. The van der Waals surface area contributed by atoms with Gasteiger partial charge in [0.15, 0.2) is 12.2 Å². The molecule has 0 saturated carbocycles. The smallest absolute Gasteiger partial charge is 0.412 e. The SMILES string of the molecule is O=C(/C=C/[C@H](Oc1ccccc1)[C@@H](OC(=O)Nc1ccccc1)c1ccc(O)c2ccccc12)NO. The van der Waals surface area contributed by atoms with Crippen LogP contribution in [0.1, 0.15) is 11.7 Å². The lowest BCUT2D eigenvalue weighted by Crippen LogP contribution is -2.30. The van der Waals surface area contributed by atoms with Crippen LogP contribution in [0.2, 0.25) is 0 Å². The maximum atomic E-state index is 13.0. The largest absolute Gasteiger partial charge is 0.507 e. The minimum atomic E-state index is -1.05. The summed E-state index contributed by atoms with van der Waals surface area (Å²) in [5, 5.41) is 23.2. The number of benzene rings is 4. The van der Waals surface area contributed by atoms with Gasteiger partial charge in [-0.1, -0.05) is 66.7 Å². The maximum Gasteiger partial charge on any atom is 0.412 e. The van der Waals surface area contributed by atoms with E-state index < -0.39 is 24.2 Å².